The average molecular weight is 215 g/mol. The lowest BCUT2D eigenvalue weighted by atomic mass is 10.1. The van der Waals surface area contributed by atoms with Gasteiger partial charge in [-0.15, -0.1) is 0 Å². The van der Waals surface area contributed by atoms with E-state index in [9.17, 15) is 0 Å². The highest BCUT2D eigenvalue weighted by molar-refractivity contribution is 5.43. The van der Waals surface area contributed by atoms with Gasteiger partial charge in [0, 0.05) is 11.7 Å². The Hall–Kier alpha value is -1.61. The number of benzene rings is 1. The maximum atomic E-state index is 5.97. The van der Waals surface area contributed by atoms with Crippen LogP contribution in [-0.4, -0.2) is 9.78 Å². The summed E-state index contributed by atoms with van der Waals surface area (Å²) in [5.41, 5.74) is 10.3. The Morgan fingerprint density at radius 1 is 1.25 bits per heavy atom. The summed E-state index contributed by atoms with van der Waals surface area (Å²) in [5.74, 6) is 0. The molecule has 0 amide bonds. The molecule has 1 aromatic heterocycles. The third kappa shape index (κ3) is 1.86. The van der Waals surface area contributed by atoms with Gasteiger partial charge in [0.1, 0.15) is 0 Å². The second kappa shape index (κ2) is 4.10. The molecule has 0 bridgehead atoms. The topological polar surface area (TPSA) is 43.8 Å². The summed E-state index contributed by atoms with van der Waals surface area (Å²) in [5, 5.41) is 4.48. The van der Waals surface area contributed by atoms with Crippen molar-refractivity contribution in [2.24, 2.45) is 5.73 Å². The SMILES string of the molecule is Cc1cc(C)n(-c2ccccc2[C@@H](C)N)n1. The van der Waals surface area contributed by atoms with Crippen molar-refractivity contribution in [3.8, 4) is 5.69 Å². The smallest absolute Gasteiger partial charge is 0.0696 e. The van der Waals surface area contributed by atoms with Crippen LogP contribution >= 0.6 is 0 Å². The minimum atomic E-state index is 0.0140. The molecule has 3 nitrogen and oxygen atoms in total. The Balaban J connectivity index is 2.59. The number of nitrogens with two attached hydrogens (primary N) is 1. The molecular weight excluding hydrogens is 198 g/mol. The summed E-state index contributed by atoms with van der Waals surface area (Å²) in [6, 6.07) is 10.2. The van der Waals surface area contributed by atoms with Gasteiger partial charge in [0.2, 0.25) is 0 Å². The van der Waals surface area contributed by atoms with E-state index in [0.29, 0.717) is 0 Å². The van der Waals surface area contributed by atoms with Crippen LogP contribution in [0.15, 0.2) is 30.3 Å². The summed E-state index contributed by atoms with van der Waals surface area (Å²) in [6.45, 7) is 6.04. The number of aryl methyl sites for hydroxylation is 2. The molecule has 1 aromatic carbocycles. The van der Waals surface area contributed by atoms with Crippen molar-refractivity contribution < 1.29 is 0 Å². The van der Waals surface area contributed by atoms with Gasteiger partial charge in [0.15, 0.2) is 0 Å². The zero-order chi connectivity index (χ0) is 11.7. The highest BCUT2D eigenvalue weighted by Gasteiger charge is 2.10. The first-order valence-corrected chi connectivity index (χ1v) is 5.47. The standard InChI is InChI=1S/C13H17N3/c1-9-8-10(2)16(15-9)13-7-5-4-6-12(13)11(3)14/h4-8,11H,14H2,1-3H3/t11-/m1/s1. The van der Waals surface area contributed by atoms with Crippen molar-refractivity contribution in [1.82, 2.24) is 9.78 Å². The van der Waals surface area contributed by atoms with Gasteiger partial charge in [0.05, 0.1) is 11.4 Å². The monoisotopic (exact) mass is 215 g/mol. The molecule has 1 heterocycles. The Labute approximate surface area is 95.9 Å². The average Bonchev–Trinajstić information content (AvgIpc) is 2.57. The fourth-order valence-corrected chi connectivity index (χ4v) is 1.94. The molecule has 0 saturated heterocycles. The van der Waals surface area contributed by atoms with E-state index in [1.807, 2.05) is 30.7 Å². The summed E-state index contributed by atoms with van der Waals surface area (Å²) in [7, 11) is 0. The lowest BCUT2D eigenvalue weighted by Crippen LogP contribution is -2.11. The van der Waals surface area contributed by atoms with E-state index in [1.54, 1.807) is 0 Å². The van der Waals surface area contributed by atoms with Crippen LogP contribution in [0.1, 0.15) is 29.9 Å². The largest absolute Gasteiger partial charge is 0.324 e. The lowest BCUT2D eigenvalue weighted by Gasteiger charge is -2.13. The quantitative estimate of drug-likeness (QED) is 0.836. The van der Waals surface area contributed by atoms with Gasteiger partial charge in [-0.05, 0) is 38.5 Å². The van der Waals surface area contributed by atoms with Gasteiger partial charge in [0.25, 0.3) is 0 Å². The molecule has 0 aliphatic heterocycles. The number of rotatable bonds is 2. The number of hydrogen-bond acceptors (Lipinski definition) is 2. The molecule has 2 aromatic rings. The molecule has 2 rings (SSSR count). The predicted molar refractivity (Wildman–Crippen MR) is 65.6 cm³/mol. The Morgan fingerprint density at radius 2 is 1.94 bits per heavy atom. The Bertz CT molecular complexity index is 498. The Kier molecular flexibility index (Phi) is 2.79. The van der Waals surface area contributed by atoms with Gasteiger partial charge < -0.3 is 5.73 Å². The highest BCUT2D eigenvalue weighted by atomic mass is 15.3. The first-order valence-electron chi connectivity index (χ1n) is 5.47. The zero-order valence-corrected chi connectivity index (χ0v) is 9.94. The van der Waals surface area contributed by atoms with Gasteiger partial charge in [-0.1, -0.05) is 18.2 Å². The van der Waals surface area contributed by atoms with Crippen LogP contribution < -0.4 is 5.73 Å². The van der Waals surface area contributed by atoms with Crippen LogP contribution in [0.25, 0.3) is 5.69 Å². The number of aromatic nitrogens is 2. The van der Waals surface area contributed by atoms with Gasteiger partial charge in [-0.25, -0.2) is 4.68 Å². The van der Waals surface area contributed by atoms with E-state index in [4.69, 9.17) is 5.73 Å². The molecule has 0 aliphatic rings. The lowest BCUT2D eigenvalue weighted by molar-refractivity contribution is 0.766. The molecule has 0 radical (unpaired) electrons. The van der Waals surface area contributed by atoms with Crippen LogP contribution in [0.5, 0.6) is 0 Å². The summed E-state index contributed by atoms with van der Waals surface area (Å²) >= 11 is 0. The third-order valence-corrected chi connectivity index (χ3v) is 2.67. The van der Waals surface area contributed by atoms with E-state index in [2.05, 4.69) is 30.2 Å². The van der Waals surface area contributed by atoms with Crippen molar-refractivity contribution in [2.45, 2.75) is 26.8 Å². The number of hydrogen-bond donors (Lipinski definition) is 1. The predicted octanol–water partition coefficient (Wildman–Crippen LogP) is 2.51. The van der Waals surface area contributed by atoms with Gasteiger partial charge >= 0.3 is 0 Å². The summed E-state index contributed by atoms with van der Waals surface area (Å²) in [6.07, 6.45) is 0. The number of nitrogens with zero attached hydrogens (tertiary/aromatic N) is 2. The van der Waals surface area contributed by atoms with E-state index in [0.717, 1.165) is 22.6 Å². The van der Waals surface area contributed by atoms with Crippen LogP contribution in [-0.2, 0) is 0 Å². The molecule has 2 N–H and O–H groups in total. The second-order valence-corrected chi connectivity index (χ2v) is 4.19. The molecular formula is C13H17N3. The van der Waals surface area contributed by atoms with E-state index in [-0.39, 0.29) is 6.04 Å². The molecule has 0 unspecified atom stereocenters. The summed E-state index contributed by atoms with van der Waals surface area (Å²) in [4.78, 5) is 0. The molecule has 1 atom stereocenters. The van der Waals surface area contributed by atoms with Crippen molar-refractivity contribution in [3.63, 3.8) is 0 Å². The van der Waals surface area contributed by atoms with Crippen LogP contribution in [0.2, 0.25) is 0 Å². The van der Waals surface area contributed by atoms with Crippen molar-refractivity contribution in [3.05, 3.63) is 47.3 Å². The fourth-order valence-electron chi connectivity index (χ4n) is 1.94. The Morgan fingerprint density at radius 3 is 2.50 bits per heavy atom. The molecule has 0 aliphatic carbocycles. The van der Waals surface area contributed by atoms with Crippen LogP contribution in [0.3, 0.4) is 0 Å². The summed E-state index contributed by atoms with van der Waals surface area (Å²) < 4.78 is 1.95. The van der Waals surface area contributed by atoms with E-state index in [1.165, 1.54) is 0 Å². The first kappa shape index (κ1) is 10.9. The second-order valence-electron chi connectivity index (χ2n) is 4.19. The molecule has 0 fully saturated rings. The minimum absolute atomic E-state index is 0.0140. The first-order chi connectivity index (χ1) is 7.59. The van der Waals surface area contributed by atoms with Gasteiger partial charge in [-0.3, -0.25) is 0 Å². The van der Waals surface area contributed by atoms with E-state index < -0.39 is 0 Å². The molecule has 84 valence electrons. The molecule has 0 spiro atoms. The van der Waals surface area contributed by atoms with E-state index >= 15 is 0 Å². The highest BCUT2D eigenvalue weighted by Crippen LogP contribution is 2.21. The maximum absolute atomic E-state index is 5.97. The minimum Gasteiger partial charge on any atom is -0.324 e. The van der Waals surface area contributed by atoms with Crippen LogP contribution in [0, 0.1) is 13.8 Å². The molecule has 3 heteroatoms. The third-order valence-electron chi connectivity index (χ3n) is 2.67. The van der Waals surface area contributed by atoms with Crippen LogP contribution in [0.4, 0.5) is 0 Å². The normalized spacial score (nSPS) is 12.8. The van der Waals surface area contributed by atoms with Crippen molar-refractivity contribution >= 4 is 0 Å². The fraction of sp³-hybridized carbons (Fsp3) is 0.308. The number of para-hydroxylation sites is 1. The van der Waals surface area contributed by atoms with Gasteiger partial charge in [-0.2, -0.15) is 5.10 Å². The maximum Gasteiger partial charge on any atom is 0.0696 e. The zero-order valence-electron chi connectivity index (χ0n) is 9.94. The van der Waals surface area contributed by atoms with Crippen molar-refractivity contribution in [1.29, 1.82) is 0 Å². The molecule has 0 saturated carbocycles. The molecule has 16 heavy (non-hydrogen) atoms. The van der Waals surface area contributed by atoms with Crippen molar-refractivity contribution in [2.75, 3.05) is 0 Å².